The molecule has 1 heterocycles. The van der Waals surface area contributed by atoms with E-state index in [4.69, 9.17) is 0 Å². The maximum absolute atomic E-state index is 12.8. The lowest BCUT2D eigenvalue weighted by Gasteiger charge is -2.22. The SMILES string of the molecule is C=C\C=C(/C=C\C=C/C)S(=O)(=O)N1CCCN(C(=O)NC)CC1.CC.CC. The third-order valence-corrected chi connectivity index (χ3v) is 5.35. The molecule has 0 bridgehead atoms. The molecule has 6 nitrogen and oxygen atoms in total. The fraction of sp³-hybridized carbons (Fsp3) is 0.550. The number of hydrogen-bond acceptors (Lipinski definition) is 3. The van der Waals surface area contributed by atoms with Crippen molar-refractivity contribution in [2.24, 2.45) is 0 Å². The van der Waals surface area contributed by atoms with Crippen LogP contribution in [-0.4, -0.2) is 56.9 Å². The predicted molar refractivity (Wildman–Crippen MR) is 116 cm³/mol. The second-order valence-corrected chi connectivity index (χ2v) is 6.93. The second kappa shape index (κ2) is 16.3. The van der Waals surface area contributed by atoms with Crippen LogP contribution in [0, 0.1) is 0 Å². The molecule has 2 amide bonds. The van der Waals surface area contributed by atoms with Gasteiger partial charge in [0.25, 0.3) is 0 Å². The Bertz CT molecular complexity index is 608. The highest BCUT2D eigenvalue weighted by atomic mass is 32.2. The van der Waals surface area contributed by atoms with E-state index < -0.39 is 10.0 Å². The number of urea groups is 1. The molecular formula is C20H37N3O3S. The minimum atomic E-state index is -3.60. The van der Waals surface area contributed by atoms with Crippen LogP contribution in [0.5, 0.6) is 0 Å². The molecule has 1 saturated heterocycles. The van der Waals surface area contributed by atoms with E-state index in [1.165, 1.54) is 16.5 Å². The Labute approximate surface area is 166 Å². The Balaban J connectivity index is 0. The zero-order valence-corrected chi connectivity index (χ0v) is 18.6. The van der Waals surface area contributed by atoms with Gasteiger partial charge in [0, 0.05) is 33.2 Å². The fourth-order valence-electron chi connectivity index (χ4n) is 2.25. The molecule has 0 radical (unpaired) electrons. The van der Waals surface area contributed by atoms with E-state index in [9.17, 15) is 13.2 Å². The summed E-state index contributed by atoms with van der Waals surface area (Å²) in [6.07, 6.45) is 10.4. The lowest BCUT2D eigenvalue weighted by atomic mass is 10.4. The molecule has 7 heteroatoms. The number of amides is 2. The van der Waals surface area contributed by atoms with Crippen molar-refractivity contribution in [3.63, 3.8) is 0 Å². The number of nitrogens with zero attached hydrogens (tertiary/aromatic N) is 2. The van der Waals surface area contributed by atoms with Crippen molar-refractivity contribution in [1.29, 1.82) is 0 Å². The number of carbonyl (C=O) groups is 1. The topological polar surface area (TPSA) is 69.7 Å². The number of sulfonamides is 1. The normalized spacial score (nSPS) is 16.1. The van der Waals surface area contributed by atoms with Gasteiger partial charge in [0.1, 0.15) is 0 Å². The van der Waals surface area contributed by atoms with Crippen molar-refractivity contribution in [2.75, 3.05) is 33.2 Å². The third kappa shape index (κ3) is 9.58. The lowest BCUT2D eigenvalue weighted by Crippen LogP contribution is -2.41. The summed E-state index contributed by atoms with van der Waals surface area (Å²) >= 11 is 0. The molecule has 0 aromatic rings. The standard InChI is InChI=1S/C16H25N3O3S.2C2H6/c1-4-6-7-10-15(9-5-2)23(21,22)19-12-8-11-18(13-14-19)16(20)17-3;2*1-2/h4-7,9-10H,2,8,11-14H2,1,3H3,(H,17,20);2*1-2H3/b6-4-,10-7-,15-9+;;. The molecule has 0 saturated carbocycles. The average Bonchev–Trinajstić information content (AvgIpc) is 2.96. The first kappa shape index (κ1) is 27.4. The molecule has 1 rings (SSSR count). The van der Waals surface area contributed by atoms with Crippen LogP contribution in [0.4, 0.5) is 4.79 Å². The maximum atomic E-state index is 12.8. The number of nitrogens with one attached hydrogen (secondary N) is 1. The molecule has 0 aromatic heterocycles. The molecule has 1 fully saturated rings. The Morgan fingerprint density at radius 2 is 1.67 bits per heavy atom. The minimum Gasteiger partial charge on any atom is -0.341 e. The van der Waals surface area contributed by atoms with Crippen molar-refractivity contribution in [2.45, 2.75) is 41.0 Å². The molecule has 156 valence electrons. The smallest absolute Gasteiger partial charge is 0.317 e. The first-order chi connectivity index (χ1) is 13.0. The van der Waals surface area contributed by atoms with Crippen molar-refractivity contribution in [3.8, 4) is 0 Å². The van der Waals surface area contributed by atoms with Gasteiger partial charge in [-0.2, -0.15) is 4.31 Å². The van der Waals surface area contributed by atoms with E-state index >= 15 is 0 Å². The number of hydrogen-bond donors (Lipinski definition) is 1. The van der Waals surface area contributed by atoms with Crippen LogP contribution in [0.3, 0.4) is 0 Å². The van der Waals surface area contributed by atoms with E-state index in [1.807, 2.05) is 40.7 Å². The quantitative estimate of drug-likeness (QED) is 0.713. The van der Waals surface area contributed by atoms with Gasteiger partial charge in [0.2, 0.25) is 10.0 Å². The van der Waals surface area contributed by atoms with E-state index in [0.29, 0.717) is 26.1 Å². The molecule has 0 aliphatic carbocycles. The molecule has 0 atom stereocenters. The van der Waals surface area contributed by atoms with Gasteiger partial charge >= 0.3 is 6.03 Å². The van der Waals surface area contributed by atoms with Gasteiger partial charge in [0.05, 0.1) is 4.91 Å². The molecule has 1 N–H and O–H groups in total. The third-order valence-electron chi connectivity index (χ3n) is 3.44. The molecule has 1 aliphatic rings. The van der Waals surface area contributed by atoms with Crippen molar-refractivity contribution >= 4 is 16.1 Å². The highest BCUT2D eigenvalue weighted by Crippen LogP contribution is 2.17. The van der Waals surface area contributed by atoms with Crippen LogP contribution in [0.15, 0.2) is 47.9 Å². The molecule has 0 aromatic carbocycles. The highest BCUT2D eigenvalue weighted by Gasteiger charge is 2.28. The van der Waals surface area contributed by atoms with Crippen LogP contribution >= 0.6 is 0 Å². The Hall–Kier alpha value is -1.86. The summed E-state index contributed by atoms with van der Waals surface area (Å²) in [5, 5.41) is 2.57. The van der Waals surface area contributed by atoms with Crippen molar-refractivity contribution < 1.29 is 13.2 Å². The molecule has 0 unspecified atom stereocenters. The van der Waals surface area contributed by atoms with Crippen molar-refractivity contribution in [1.82, 2.24) is 14.5 Å². The number of rotatable bonds is 5. The van der Waals surface area contributed by atoms with Crippen LogP contribution in [-0.2, 0) is 10.0 Å². The van der Waals surface area contributed by atoms with Gasteiger partial charge in [-0.25, -0.2) is 13.2 Å². The first-order valence-electron chi connectivity index (χ1n) is 9.56. The zero-order valence-electron chi connectivity index (χ0n) is 17.7. The van der Waals surface area contributed by atoms with Gasteiger partial charge in [-0.05, 0) is 25.5 Å². The van der Waals surface area contributed by atoms with E-state index in [-0.39, 0.29) is 17.5 Å². The lowest BCUT2D eigenvalue weighted by molar-refractivity contribution is 0.203. The number of carbonyl (C=O) groups excluding carboxylic acids is 1. The Kier molecular flexibility index (Phi) is 16.5. The van der Waals surface area contributed by atoms with Gasteiger partial charge in [-0.1, -0.05) is 58.6 Å². The summed E-state index contributed by atoms with van der Waals surface area (Å²) < 4.78 is 27.0. The Morgan fingerprint density at radius 3 is 2.19 bits per heavy atom. The number of allylic oxidation sites excluding steroid dienone is 6. The molecule has 1 aliphatic heterocycles. The summed E-state index contributed by atoms with van der Waals surface area (Å²) in [7, 11) is -2.03. The van der Waals surface area contributed by atoms with Crippen LogP contribution in [0.25, 0.3) is 0 Å². The summed E-state index contributed by atoms with van der Waals surface area (Å²) in [4.78, 5) is 13.5. The van der Waals surface area contributed by atoms with Gasteiger partial charge in [0.15, 0.2) is 0 Å². The highest BCUT2D eigenvalue weighted by molar-refractivity contribution is 7.93. The summed E-state index contributed by atoms with van der Waals surface area (Å²) in [6.45, 7) is 15.0. The van der Waals surface area contributed by atoms with E-state index in [1.54, 1.807) is 30.2 Å². The molecule has 0 spiro atoms. The summed E-state index contributed by atoms with van der Waals surface area (Å²) in [6, 6.07) is -0.181. The molecule has 27 heavy (non-hydrogen) atoms. The van der Waals surface area contributed by atoms with Gasteiger partial charge < -0.3 is 10.2 Å². The van der Waals surface area contributed by atoms with Crippen LogP contribution in [0.2, 0.25) is 0 Å². The summed E-state index contributed by atoms with van der Waals surface area (Å²) in [5.74, 6) is 0. The molecular weight excluding hydrogens is 362 g/mol. The van der Waals surface area contributed by atoms with E-state index in [0.717, 1.165) is 0 Å². The monoisotopic (exact) mass is 399 g/mol. The van der Waals surface area contributed by atoms with Crippen LogP contribution < -0.4 is 5.32 Å². The summed E-state index contributed by atoms with van der Waals surface area (Å²) in [5.41, 5.74) is 0. The van der Waals surface area contributed by atoms with Crippen molar-refractivity contribution in [3.05, 3.63) is 47.9 Å². The Morgan fingerprint density at radius 1 is 1.04 bits per heavy atom. The predicted octanol–water partition coefficient (Wildman–Crippen LogP) is 3.92. The largest absolute Gasteiger partial charge is 0.341 e. The van der Waals surface area contributed by atoms with Gasteiger partial charge in [-0.3, -0.25) is 0 Å². The second-order valence-electron chi connectivity index (χ2n) is 4.99. The minimum absolute atomic E-state index is 0.181. The maximum Gasteiger partial charge on any atom is 0.317 e. The average molecular weight is 400 g/mol. The van der Waals surface area contributed by atoms with Crippen LogP contribution in [0.1, 0.15) is 41.0 Å². The first-order valence-corrected chi connectivity index (χ1v) is 11.0. The van der Waals surface area contributed by atoms with E-state index in [2.05, 4.69) is 11.9 Å². The fourth-order valence-corrected chi connectivity index (χ4v) is 3.76. The zero-order chi connectivity index (χ0) is 21.3. The van der Waals surface area contributed by atoms with Gasteiger partial charge in [-0.15, -0.1) is 0 Å².